The third-order valence-electron chi connectivity index (χ3n) is 5.95. The molecule has 0 aliphatic rings. The molecule has 0 aliphatic heterocycles. The highest BCUT2D eigenvalue weighted by atomic mass is 16.5. The molecule has 0 N–H and O–H groups in total. The number of hydrogen-bond donors (Lipinski definition) is 0. The molecule has 1 unspecified atom stereocenters. The summed E-state index contributed by atoms with van der Waals surface area (Å²) in [7, 11) is 1.66. The van der Waals surface area contributed by atoms with E-state index < -0.39 is 0 Å². The summed E-state index contributed by atoms with van der Waals surface area (Å²) >= 11 is 0. The van der Waals surface area contributed by atoms with E-state index in [9.17, 15) is 5.21 Å². The zero-order valence-electron chi connectivity index (χ0n) is 18.8. The van der Waals surface area contributed by atoms with Crippen molar-refractivity contribution in [2.24, 2.45) is 0 Å². The van der Waals surface area contributed by atoms with Crippen molar-refractivity contribution in [2.75, 3.05) is 7.05 Å². The maximum absolute atomic E-state index is 11.9. The smallest absolute Gasteiger partial charge is 0.0229 e. The van der Waals surface area contributed by atoms with Crippen molar-refractivity contribution in [2.45, 2.75) is 122 Å². The molecule has 0 amide bonds. The molecule has 0 spiro atoms. The summed E-state index contributed by atoms with van der Waals surface area (Å²) in [6.45, 7) is 2.29. The first-order chi connectivity index (χ1) is 13.8. The van der Waals surface area contributed by atoms with Gasteiger partial charge in [0.05, 0.1) is 0 Å². The lowest BCUT2D eigenvalue weighted by Gasteiger charge is -2.33. The summed E-state index contributed by atoms with van der Waals surface area (Å²) < 4.78 is 0. The maximum atomic E-state index is 11.9. The fourth-order valence-corrected chi connectivity index (χ4v) is 4.12. The standard InChI is InChI=1S/C26H46NO/c1-3-4-5-6-7-8-9-10-11-12-13-14-15-16-17-21-24-26(27(2)28)25-22-19-18-20-23-25/h18-20,22-23,26H,3-17,21,24H2,1-2H3/q-1. The SMILES string of the molecule is CCCCCCCCCCCCCCCCCCC(c1ccccc1)N(C)[O-]. The van der Waals surface area contributed by atoms with Crippen LogP contribution in [0.2, 0.25) is 0 Å². The second kappa shape index (κ2) is 18.2. The molecule has 0 aliphatic carbocycles. The Kier molecular flexibility index (Phi) is 16.4. The number of hydroxylamine groups is 2. The van der Waals surface area contributed by atoms with Crippen LogP contribution in [-0.2, 0) is 0 Å². The van der Waals surface area contributed by atoms with Crippen molar-refractivity contribution in [3.8, 4) is 0 Å². The van der Waals surface area contributed by atoms with Crippen LogP contribution < -0.4 is 0 Å². The molecule has 1 aromatic carbocycles. The van der Waals surface area contributed by atoms with Crippen LogP contribution in [0.4, 0.5) is 0 Å². The van der Waals surface area contributed by atoms with E-state index >= 15 is 0 Å². The third kappa shape index (κ3) is 13.3. The van der Waals surface area contributed by atoms with Gasteiger partial charge < -0.3 is 10.3 Å². The molecule has 162 valence electrons. The van der Waals surface area contributed by atoms with Gasteiger partial charge in [-0.05, 0) is 19.0 Å². The Morgan fingerprint density at radius 3 is 1.43 bits per heavy atom. The molecule has 0 saturated carbocycles. The van der Waals surface area contributed by atoms with E-state index in [1.807, 2.05) is 18.2 Å². The van der Waals surface area contributed by atoms with Gasteiger partial charge in [-0.2, -0.15) is 0 Å². The normalized spacial score (nSPS) is 12.6. The minimum atomic E-state index is 0.0212. The number of benzene rings is 1. The highest BCUT2D eigenvalue weighted by Crippen LogP contribution is 2.25. The first kappa shape index (κ1) is 25.2. The van der Waals surface area contributed by atoms with Gasteiger partial charge >= 0.3 is 0 Å². The van der Waals surface area contributed by atoms with Gasteiger partial charge in [0.2, 0.25) is 0 Å². The quantitative estimate of drug-likeness (QED) is 0.175. The second-order valence-corrected chi connectivity index (χ2v) is 8.56. The third-order valence-corrected chi connectivity index (χ3v) is 5.95. The molecule has 2 nitrogen and oxygen atoms in total. The summed E-state index contributed by atoms with van der Waals surface area (Å²) in [4.78, 5) is 0. The molecule has 0 heterocycles. The summed E-state index contributed by atoms with van der Waals surface area (Å²) in [5.74, 6) is 0. The predicted molar refractivity (Wildman–Crippen MR) is 124 cm³/mol. The highest BCUT2D eigenvalue weighted by molar-refractivity contribution is 5.18. The molecular formula is C26H46NO-. The fraction of sp³-hybridized carbons (Fsp3) is 0.769. The Bertz CT molecular complexity index is 431. The van der Waals surface area contributed by atoms with Crippen LogP contribution in [0.1, 0.15) is 128 Å². The van der Waals surface area contributed by atoms with E-state index in [-0.39, 0.29) is 6.04 Å². The maximum Gasteiger partial charge on any atom is 0.0229 e. The first-order valence-electron chi connectivity index (χ1n) is 12.2. The van der Waals surface area contributed by atoms with Gasteiger partial charge in [0.1, 0.15) is 0 Å². The van der Waals surface area contributed by atoms with E-state index in [1.54, 1.807) is 7.05 Å². The second-order valence-electron chi connectivity index (χ2n) is 8.56. The Balaban J connectivity index is 1.87. The van der Waals surface area contributed by atoms with Gasteiger partial charge in [-0.25, -0.2) is 0 Å². The fourth-order valence-electron chi connectivity index (χ4n) is 4.12. The minimum Gasteiger partial charge on any atom is -0.785 e. The minimum absolute atomic E-state index is 0.0212. The molecule has 0 aromatic heterocycles. The van der Waals surface area contributed by atoms with Crippen LogP contribution in [0.3, 0.4) is 0 Å². The number of unbranched alkanes of at least 4 members (excludes halogenated alkanes) is 15. The van der Waals surface area contributed by atoms with Crippen molar-refractivity contribution in [3.05, 3.63) is 41.1 Å². The molecule has 0 bridgehead atoms. The number of rotatable bonds is 19. The summed E-state index contributed by atoms with van der Waals surface area (Å²) in [5, 5.41) is 13.0. The van der Waals surface area contributed by atoms with Crippen LogP contribution in [0.25, 0.3) is 0 Å². The van der Waals surface area contributed by atoms with Gasteiger partial charge in [0.15, 0.2) is 0 Å². The van der Waals surface area contributed by atoms with Gasteiger partial charge in [-0.15, -0.1) is 0 Å². The first-order valence-corrected chi connectivity index (χ1v) is 12.2. The zero-order chi connectivity index (χ0) is 20.3. The summed E-state index contributed by atoms with van der Waals surface area (Å²) in [6, 6.07) is 10.2. The lowest BCUT2D eigenvalue weighted by atomic mass is 9.99. The van der Waals surface area contributed by atoms with Crippen molar-refractivity contribution in [3.63, 3.8) is 0 Å². The van der Waals surface area contributed by atoms with E-state index in [2.05, 4.69) is 19.1 Å². The van der Waals surface area contributed by atoms with Crippen molar-refractivity contribution < 1.29 is 0 Å². The number of nitrogens with zero attached hydrogens (tertiary/aromatic N) is 1. The molecule has 1 aromatic rings. The van der Waals surface area contributed by atoms with Gasteiger partial charge in [0.25, 0.3) is 0 Å². The zero-order valence-corrected chi connectivity index (χ0v) is 18.8. The van der Waals surface area contributed by atoms with Crippen molar-refractivity contribution in [1.82, 2.24) is 5.06 Å². The average molecular weight is 389 g/mol. The molecule has 0 saturated heterocycles. The summed E-state index contributed by atoms with van der Waals surface area (Å²) in [6.07, 6.45) is 23.2. The molecular weight excluding hydrogens is 342 g/mol. The van der Waals surface area contributed by atoms with E-state index in [0.29, 0.717) is 0 Å². The molecule has 0 radical (unpaired) electrons. The molecule has 28 heavy (non-hydrogen) atoms. The Morgan fingerprint density at radius 2 is 1.04 bits per heavy atom. The Morgan fingerprint density at radius 1 is 0.643 bits per heavy atom. The Labute approximate surface area is 175 Å². The molecule has 1 rings (SSSR count). The van der Waals surface area contributed by atoms with Crippen molar-refractivity contribution >= 4 is 0 Å². The van der Waals surface area contributed by atoms with E-state index in [0.717, 1.165) is 23.5 Å². The predicted octanol–water partition coefficient (Wildman–Crippen LogP) is 8.81. The monoisotopic (exact) mass is 388 g/mol. The average Bonchev–Trinajstić information content (AvgIpc) is 2.70. The topological polar surface area (TPSA) is 26.3 Å². The number of hydrogen-bond acceptors (Lipinski definition) is 2. The molecule has 1 atom stereocenters. The van der Waals surface area contributed by atoms with Crippen LogP contribution in [0, 0.1) is 5.21 Å². The van der Waals surface area contributed by atoms with E-state index in [1.165, 1.54) is 96.3 Å². The highest BCUT2D eigenvalue weighted by Gasteiger charge is 2.09. The van der Waals surface area contributed by atoms with E-state index in [4.69, 9.17) is 0 Å². The van der Waals surface area contributed by atoms with Crippen LogP contribution in [0.15, 0.2) is 30.3 Å². The molecule has 2 heteroatoms. The Hall–Kier alpha value is -0.860. The van der Waals surface area contributed by atoms with Gasteiger partial charge in [-0.3, -0.25) is 0 Å². The van der Waals surface area contributed by atoms with Crippen LogP contribution in [0.5, 0.6) is 0 Å². The van der Waals surface area contributed by atoms with Gasteiger partial charge in [-0.1, -0.05) is 140 Å². The largest absolute Gasteiger partial charge is 0.785 e. The summed E-state index contributed by atoms with van der Waals surface area (Å²) in [5.41, 5.74) is 1.15. The van der Waals surface area contributed by atoms with Gasteiger partial charge in [0, 0.05) is 6.04 Å². The molecule has 0 fully saturated rings. The van der Waals surface area contributed by atoms with Crippen LogP contribution in [-0.4, -0.2) is 12.1 Å². The lowest BCUT2D eigenvalue weighted by Crippen LogP contribution is -2.18. The lowest BCUT2D eigenvalue weighted by molar-refractivity contribution is 0.310. The van der Waals surface area contributed by atoms with Crippen molar-refractivity contribution in [1.29, 1.82) is 0 Å². The van der Waals surface area contributed by atoms with Crippen LogP contribution >= 0.6 is 0 Å².